The van der Waals surface area contributed by atoms with E-state index >= 15 is 0 Å². The lowest BCUT2D eigenvalue weighted by Gasteiger charge is -2.38. The Hall–Kier alpha value is -3.60. The van der Waals surface area contributed by atoms with Gasteiger partial charge in [-0.15, -0.1) is 0 Å². The summed E-state index contributed by atoms with van der Waals surface area (Å²) < 4.78 is 40.8. The zero-order chi connectivity index (χ0) is 28.9. The molecule has 0 aliphatic carbocycles. The third-order valence-corrected chi connectivity index (χ3v) is 8.47. The summed E-state index contributed by atoms with van der Waals surface area (Å²) in [6, 6.07) is 20.3. The number of amides is 1. The molecule has 3 aromatic carbocycles. The molecule has 0 fully saturated rings. The number of nitrogens with one attached hydrogen (secondary N) is 1. The van der Waals surface area contributed by atoms with Gasteiger partial charge in [0.2, 0.25) is 0 Å². The van der Waals surface area contributed by atoms with Crippen LogP contribution in [-0.2, 0) is 16.6 Å². The lowest BCUT2D eigenvalue weighted by molar-refractivity contribution is 0.0344. The van der Waals surface area contributed by atoms with Crippen molar-refractivity contribution in [3.05, 3.63) is 83.9 Å². The average Bonchev–Trinajstić information content (AvgIpc) is 2.95. The molecular weight excluding hydrogens is 530 g/mol. The molecule has 1 aliphatic heterocycles. The van der Waals surface area contributed by atoms with Gasteiger partial charge in [0, 0.05) is 25.6 Å². The van der Waals surface area contributed by atoms with Crippen LogP contribution in [0.5, 0.6) is 11.5 Å². The number of methoxy groups -OCH3 is 1. The number of rotatable bonds is 10. The summed E-state index contributed by atoms with van der Waals surface area (Å²) in [7, 11) is -0.315. The molecule has 0 bridgehead atoms. The van der Waals surface area contributed by atoms with Crippen molar-refractivity contribution in [2.24, 2.45) is 5.92 Å². The molecule has 214 valence electrons. The van der Waals surface area contributed by atoms with Crippen molar-refractivity contribution in [2.45, 2.75) is 37.4 Å². The number of nitrogens with zero attached hydrogens (tertiary/aromatic N) is 2. The van der Waals surface area contributed by atoms with Gasteiger partial charge in [-0.2, -0.15) is 0 Å². The number of aliphatic hydroxyl groups excluding tert-OH is 1. The third kappa shape index (κ3) is 6.75. The number of benzene rings is 3. The number of sulfonamides is 1. The van der Waals surface area contributed by atoms with Crippen molar-refractivity contribution >= 4 is 21.6 Å². The number of hydrogen-bond donors (Lipinski definition) is 2. The van der Waals surface area contributed by atoms with Crippen LogP contribution in [0.1, 0.15) is 29.8 Å². The SMILES string of the molecule is COc1ccc(CN(C)C[C@H]2Oc3c(NS(=O)(=O)c4ccccc4)cccc3C(=O)N([C@@H](C)CO)C[C@H]2C)cc1. The highest BCUT2D eigenvalue weighted by molar-refractivity contribution is 7.92. The molecular formula is C30H37N3O6S. The van der Waals surface area contributed by atoms with Crippen LogP contribution < -0.4 is 14.2 Å². The van der Waals surface area contributed by atoms with Crippen molar-refractivity contribution < 1.29 is 27.8 Å². The van der Waals surface area contributed by atoms with Crippen LogP contribution >= 0.6 is 0 Å². The fraction of sp³-hybridized carbons (Fsp3) is 0.367. The van der Waals surface area contributed by atoms with Crippen molar-refractivity contribution in [2.75, 3.05) is 38.6 Å². The Bertz CT molecular complexity index is 1400. The predicted octanol–water partition coefficient (Wildman–Crippen LogP) is 3.85. The maximum absolute atomic E-state index is 13.7. The van der Waals surface area contributed by atoms with Gasteiger partial charge in [-0.25, -0.2) is 8.42 Å². The van der Waals surface area contributed by atoms with Gasteiger partial charge in [0.15, 0.2) is 5.75 Å². The highest BCUT2D eigenvalue weighted by atomic mass is 32.2. The molecule has 0 saturated heterocycles. The molecule has 4 rings (SSSR count). The van der Waals surface area contributed by atoms with Crippen LogP contribution in [0.25, 0.3) is 0 Å². The van der Waals surface area contributed by atoms with Crippen LogP contribution in [0.15, 0.2) is 77.7 Å². The zero-order valence-corrected chi connectivity index (χ0v) is 24.1. The molecule has 10 heteroatoms. The van der Waals surface area contributed by atoms with E-state index in [1.807, 2.05) is 38.2 Å². The summed E-state index contributed by atoms with van der Waals surface area (Å²) in [6.45, 7) is 5.14. The molecule has 3 atom stereocenters. The van der Waals surface area contributed by atoms with Gasteiger partial charge in [0.05, 0.1) is 35.9 Å². The molecule has 1 aliphatic rings. The monoisotopic (exact) mass is 567 g/mol. The summed E-state index contributed by atoms with van der Waals surface area (Å²) in [5.41, 5.74) is 1.52. The maximum Gasteiger partial charge on any atom is 0.262 e. The van der Waals surface area contributed by atoms with E-state index in [-0.39, 0.29) is 46.4 Å². The normalized spacial score (nSPS) is 18.4. The Balaban J connectivity index is 1.68. The molecule has 0 spiro atoms. The second kappa shape index (κ2) is 12.7. The molecule has 0 saturated carbocycles. The van der Waals surface area contributed by atoms with Crippen molar-refractivity contribution in [3.63, 3.8) is 0 Å². The van der Waals surface area contributed by atoms with Crippen LogP contribution in [0.4, 0.5) is 5.69 Å². The number of carbonyl (C=O) groups is 1. The van der Waals surface area contributed by atoms with Gasteiger partial charge in [0.25, 0.3) is 15.9 Å². The largest absolute Gasteiger partial charge is 0.497 e. The van der Waals surface area contributed by atoms with Gasteiger partial charge in [-0.05, 0) is 55.9 Å². The van der Waals surface area contributed by atoms with Gasteiger partial charge in [0.1, 0.15) is 11.9 Å². The minimum absolute atomic E-state index is 0.101. The van der Waals surface area contributed by atoms with Crippen molar-refractivity contribution in [3.8, 4) is 11.5 Å². The first-order valence-electron chi connectivity index (χ1n) is 13.2. The Morgan fingerprint density at radius 3 is 2.45 bits per heavy atom. The second-order valence-electron chi connectivity index (χ2n) is 10.3. The smallest absolute Gasteiger partial charge is 0.262 e. The highest BCUT2D eigenvalue weighted by Crippen LogP contribution is 2.36. The van der Waals surface area contributed by atoms with Crippen molar-refractivity contribution in [1.29, 1.82) is 0 Å². The predicted molar refractivity (Wildman–Crippen MR) is 154 cm³/mol. The first kappa shape index (κ1) is 29.4. The summed E-state index contributed by atoms with van der Waals surface area (Å²) in [5, 5.41) is 9.91. The fourth-order valence-electron chi connectivity index (χ4n) is 4.76. The highest BCUT2D eigenvalue weighted by Gasteiger charge is 2.35. The molecule has 0 radical (unpaired) electrons. The van der Waals surface area contributed by atoms with E-state index in [9.17, 15) is 18.3 Å². The van der Waals surface area contributed by atoms with Crippen LogP contribution in [-0.4, -0.2) is 75.2 Å². The molecule has 3 aromatic rings. The van der Waals surface area contributed by atoms with E-state index in [2.05, 4.69) is 9.62 Å². The molecule has 0 unspecified atom stereocenters. The number of aliphatic hydroxyl groups is 1. The number of ether oxygens (including phenoxy) is 2. The topological polar surface area (TPSA) is 108 Å². The van der Waals surface area contributed by atoms with Crippen LogP contribution in [0.2, 0.25) is 0 Å². The van der Waals surface area contributed by atoms with Gasteiger partial charge < -0.3 is 19.5 Å². The molecule has 1 heterocycles. The van der Waals surface area contributed by atoms with Gasteiger partial charge in [-0.1, -0.05) is 43.3 Å². The number of carbonyl (C=O) groups excluding carboxylic acids is 1. The first-order chi connectivity index (χ1) is 19.1. The number of para-hydroxylation sites is 1. The third-order valence-electron chi connectivity index (χ3n) is 7.09. The van der Waals surface area contributed by atoms with E-state index in [1.165, 1.54) is 12.1 Å². The second-order valence-corrected chi connectivity index (χ2v) is 12.0. The Morgan fingerprint density at radius 2 is 1.80 bits per heavy atom. The van der Waals surface area contributed by atoms with E-state index in [1.54, 1.807) is 55.3 Å². The Labute approximate surface area is 236 Å². The Kier molecular flexibility index (Phi) is 9.34. The zero-order valence-electron chi connectivity index (χ0n) is 23.3. The number of likely N-dealkylation sites (N-methyl/N-ethyl adjacent to an activating group) is 1. The fourth-order valence-corrected chi connectivity index (χ4v) is 5.84. The lowest BCUT2D eigenvalue weighted by atomic mass is 9.99. The quantitative estimate of drug-likeness (QED) is 0.383. The Morgan fingerprint density at radius 1 is 1.10 bits per heavy atom. The summed E-state index contributed by atoms with van der Waals surface area (Å²) in [6.07, 6.45) is -0.383. The molecule has 2 N–H and O–H groups in total. The number of fused-ring (bicyclic) bond motifs is 1. The average molecular weight is 568 g/mol. The molecule has 1 amide bonds. The molecule has 0 aromatic heterocycles. The molecule has 9 nitrogen and oxygen atoms in total. The summed E-state index contributed by atoms with van der Waals surface area (Å²) >= 11 is 0. The maximum atomic E-state index is 13.7. The summed E-state index contributed by atoms with van der Waals surface area (Å²) in [4.78, 5) is 17.5. The van der Waals surface area contributed by atoms with Crippen molar-refractivity contribution in [1.82, 2.24) is 9.80 Å². The lowest BCUT2D eigenvalue weighted by Crippen LogP contribution is -2.49. The van der Waals surface area contributed by atoms with Crippen LogP contribution in [0.3, 0.4) is 0 Å². The van der Waals surface area contributed by atoms with Gasteiger partial charge in [-0.3, -0.25) is 14.4 Å². The van der Waals surface area contributed by atoms with E-state index in [0.29, 0.717) is 19.6 Å². The minimum Gasteiger partial charge on any atom is -0.497 e. The van der Waals surface area contributed by atoms with E-state index < -0.39 is 16.1 Å². The van der Waals surface area contributed by atoms with Gasteiger partial charge >= 0.3 is 0 Å². The van der Waals surface area contributed by atoms with Crippen LogP contribution in [0, 0.1) is 5.92 Å². The van der Waals surface area contributed by atoms with E-state index in [4.69, 9.17) is 9.47 Å². The number of anilines is 1. The standard InChI is InChI=1S/C30H37N3O6S/c1-21-17-33(22(2)20-34)30(35)26-11-8-12-27(31-40(36,37)25-9-6-5-7-10-25)29(26)39-28(21)19-32(3)18-23-13-15-24(38-4)16-14-23/h5-16,21-22,28,31,34H,17-20H2,1-4H3/t21-,22+,28-/m1/s1. The molecule has 40 heavy (non-hydrogen) atoms. The number of hydrogen-bond acceptors (Lipinski definition) is 7. The first-order valence-corrected chi connectivity index (χ1v) is 14.7. The minimum atomic E-state index is -3.94. The summed E-state index contributed by atoms with van der Waals surface area (Å²) in [5.74, 6) is 0.516. The van der Waals surface area contributed by atoms with E-state index in [0.717, 1.165) is 11.3 Å².